The first-order chi connectivity index (χ1) is 7.61. The predicted molar refractivity (Wildman–Crippen MR) is 75.3 cm³/mol. The Labute approximate surface area is 106 Å². The normalized spacial score (nSPS) is 29.2. The predicted octanol–water partition coefficient (Wildman–Crippen LogP) is 2.59. The summed E-state index contributed by atoms with van der Waals surface area (Å²) in [5.74, 6) is 2.56. The van der Waals surface area contributed by atoms with Crippen molar-refractivity contribution in [2.75, 3.05) is 31.1 Å². The third kappa shape index (κ3) is 4.27. The molecule has 0 bridgehead atoms. The molecule has 0 saturated carbocycles. The SMILES string of the molecule is CCSCCC(C)N1CCNC(C)(CC)C1. The van der Waals surface area contributed by atoms with Gasteiger partial charge in [-0.15, -0.1) is 0 Å². The smallest absolute Gasteiger partial charge is 0.0278 e. The molecule has 0 aromatic rings. The summed E-state index contributed by atoms with van der Waals surface area (Å²) in [6.07, 6.45) is 2.55. The van der Waals surface area contributed by atoms with E-state index in [1.165, 1.54) is 37.4 Å². The van der Waals surface area contributed by atoms with Crippen molar-refractivity contribution in [3.05, 3.63) is 0 Å². The zero-order valence-electron chi connectivity index (χ0n) is 11.4. The molecule has 16 heavy (non-hydrogen) atoms. The van der Waals surface area contributed by atoms with Crippen molar-refractivity contribution in [3.63, 3.8) is 0 Å². The molecule has 0 radical (unpaired) electrons. The number of thioether (sulfide) groups is 1. The van der Waals surface area contributed by atoms with E-state index in [1.54, 1.807) is 0 Å². The molecule has 0 aromatic carbocycles. The standard InChI is InChI=1S/C13H28N2S/c1-5-13(4)11-15(9-8-14-13)12(3)7-10-16-6-2/h12,14H,5-11H2,1-4H3. The maximum absolute atomic E-state index is 3.65. The van der Waals surface area contributed by atoms with Crippen LogP contribution in [0.5, 0.6) is 0 Å². The number of nitrogens with zero attached hydrogens (tertiary/aromatic N) is 1. The van der Waals surface area contributed by atoms with E-state index in [0.29, 0.717) is 5.54 Å². The van der Waals surface area contributed by atoms with E-state index in [1.807, 2.05) is 0 Å². The average Bonchev–Trinajstić information content (AvgIpc) is 2.29. The van der Waals surface area contributed by atoms with Gasteiger partial charge in [-0.25, -0.2) is 0 Å². The monoisotopic (exact) mass is 244 g/mol. The van der Waals surface area contributed by atoms with Crippen molar-refractivity contribution >= 4 is 11.8 Å². The van der Waals surface area contributed by atoms with Crippen LogP contribution in [0.4, 0.5) is 0 Å². The van der Waals surface area contributed by atoms with Crippen LogP contribution < -0.4 is 5.32 Å². The lowest BCUT2D eigenvalue weighted by molar-refractivity contribution is 0.103. The fourth-order valence-electron chi connectivity index (χ4n) is 2.28. The highest BCUT2D eigenvalue weighted by Gasteiger charge is 2.30. The Balaban J connectivity index is 2.35. The molecule has 1 heterocycles. The van der Waals surface area contributed by atoms with Crippen molar-refractivity contribution in [1.82, 2.24) is 10.2 Å². The van der Waals surface area contributed by atoms with Crippen LogP contribution in [0.3, 0.4) is 0 Å². The summed E-state index contributed by atoms with van der Waals surface area (Å²) in [5.41, 5.74) is 0.338. The molecule has 0 amide bonds. The molecule has 1 aliphatic rings. The summed E-state index contributed by atoms with van der Waals surface area (Å²) in [4.78, 5) is 2.66. The van der Waals surface area contributed by atoms with E-state index in [9.17, 15) is 0 Å². The van der Waals surface area contributed by atoms with Crippen molar-refractivity contribution in [3.8, 4) is 0 Å². The van der Waals surface area contributed by atoms with Crippen molar-refractivity contribution < 1.29 is 0 Å². The molecule has 2 atom stereocenters. The van der Waals surface area contributed by atoms with Gasteiger partial charge in [0.1, 0.15) is 0 Å². The molecular formula is C13H28N2S. The quantitative estimate of drug-likeness (QED) is 0.723. The molecule has 1 N–H and O–H groups in total. The molecule has 1 aliphatic heterocycles. The van der Waals surface area contributed by atoms with Gasteiger partial charge in [-0.1, -0.05) is 13.8 Å². The fourth-order valence-corrected chi connectivity index (χ4v) is 3.07. The zero-order chi connectivity index (χ0) is 12.0. The Kier molecular flexibility index (Phi) is 6.16. The summed E-state index contributed by atoms with van der Waals surface area (Å²) < 4.78 is 0. The van der Waals surface area contributed by atoms with Crippen molar-refractivity contribution in [2.45, 2.75) is 52.1 Å². The summed E-state index contributed by atoms with van der Waals surface area (Å²) in [7, 11) is 0. The first-order valence-corrected chi connectivity index (χ1v) is 7.83. The number of hydrogen-bond acceptors (Lipinski definition) is 3. The molecule has 1 saturated heterocycles. The van der Waals surface area contributed by atoms with Crippen LogP contribution in [-0.2, 0) is 0 Å². The topological polar surface area (TPSA) is 15.3 Å². The van der Waals surface area contributed by atoms with Crippen molar-refractivity contribution in [1.29, 1.82) is 0 Å². The van der Waals surface area contributed by atoms with Crippen LogP contribution >= 0.6 is 11.8 Å². The second kappa shape index (κ2) is 6.87. The molecule has 1 rings (SSSR count). The van der Waals surface area contributed by atoms with Gasteiger partial charge in [-0.2, -0.15) is 11.8 Å². The third-order valence-electron chi connectivity index (χ3n) is 3.79. The number of hydrogen-bond donors (Lipinski definition) is 1. The van der Waals surface area contributed by atoms with Gasteiger partial charge < -0.3 is 5.32 Å². The Hall–Kier alpha value is 0.270. The Morgan fingerprint density at radius 1 is 1.44 bits per heavy atom. The summed E-state index contributed by atoms with van der Waals surface area (Å²) in [6.45, 7) is 12.8. The maximum Gasteiger partial charge on any atom is 0.0278 e. The second-order valence-electron chi connectivity index (χ2n) is 5.15. The first-order valence-electron chi connectivity index (χ1n) is 6.68. The van der Waals surface area contributed by atoms with Crippen LogP contribution in [0, 0.1) is 0 Å². The van der Waals surface area contributed by atoms with E-state index in [0.717, 1.165) is 12.6 Å². The molecule has 2 unspecified atom stereocenters. The molecule has 0 aliphatic carbocycles. The first kappa shape index (κ1) is 14.3. The summed E-state index contributed by atoms with van der Waals surface area (Å²) >= 11 is 2.06. The molecule has 2 nitrogen and oxygen atoms in total. The van der Waals surface area contributed by atoms with Crippen LogP contribution in [0.1, 0.15) is 40.5 Å². The maximum atomic E-state index is 3.65. The van der Waals surface area contributed by atoms with E-state index in [2.05, 4.69) is 49.7 Å². The van der Waals surface area contributed by atoms with Crippen LogP contribution in [-0.4, -0.2) is 47.6 Å². The van der Waals surface area contributed by atoms with Crippen LogP contribution in [0.2, 0.25) is 0 Å². The third-order valence-corrected chi connectivity index (χ3v) is 4.72. The van der Waals surface area contributed by atoms with Gasteiger partial charge in [0.25, 0.3) is 0 Å². The van der Waals surface area contributed by atoms with Gasteiger partial charge in [0.15, 0.2) is 0 Å². The highest BCUT2D eigenvalue weighted by atomic mass is 32.2. The van der Waals surface area contributed by atoms with Gasteiger partial charge in [-0.3, -0.25) is 4.90 Å². The van der Waals surface area contributed by atoms with E-state index in [-0.39, 0.29) is 0 Å². The van der Waals surface area contributed by atoms with Gasteiger partial charge in [0, 0.05) is 31.2 Å². The van der Waals surface area contributed by atoms with Gasteiger partial charge in [0.2, 0.25) is 0 Å². The van der Waals surface area contributed by atoms with Gasteiger partial charge >= 0.3 is 0 Å². The molecule has 3 heteroatoms. The van der Waals surface area contributed by atoms with E-state index >= 15 is 0 Å². The van der Waals surface area contributed by atoms with Crippen molar-refractivity contribution in [2.24, 2.45) is 0 Å². The largest absolute Gasteiger partial charge is 0.309 e. The lowest BCUT2D eigenvalue weighted by Gasteiger charge is -2.43. The zero-order valence-corrected chi connectivity index (χ0v) is 12.2. The highest BCUT2D eigenvalue weighted by molar-refractivity contribution is 7.99. The van der Waals surface area contributed by atoms with Gasteiger partial charge in [-0.05, 0) is 38.2 Å². The fraction of sp³-hybridized carbons (Fsp3) is 1.00. The Bertz CT molecular complexity index is 198. The highest BCUT2D eigenvalue weighted by Crippen LogP contribution is 2.19. The molecular weight excluding hydrogens is 216 g/mol. The lowest BCUT2D eigenvalue weighted by atomic mass is 9.95. The minimum absolute atomic E-state index is 0.338. The average molecular weight is 244 g/mol. The molecule has 1 fully saturated rings. The minimum Gasteiger partial charge on any atom is -0.309 e. The summed E-state index contributed by atoms with van der Waals surface area (Å²) in [6, 6.07) is 0.743. The molecule has 96 valence electrons. The van der Waals surface area contributed by atoms with Crippen LogP contribution in [0.25, 0.3) is 0 Å². The lowest BCUT2D eigenvalue weighted by Crippen LogP contribution is -2.60. The van der Waals surface area contributed by atoms with E-state index in [4.69, 9.17) is 0 Å². The Morgan fingerprint density at radius 3 is 2.81 bits per heavy atom. The minimum atomic E-state index is 0.338. The Morgan fingerprint density at radius 2 is 2.19 bits per heavy atom. The number of nitrogens with one attached hydrogen (secondary N) is 1. The van der Waals surface area contributed by atoms with Gasteiger partial charge in [0.05, 0.1) is 0 Å². The number of piperazine rings is 1. The van der Waals surface area contributed by atoms with E-state index < -0.39 is 0 Å². The van der Waals surface area contributed by atoms with Crippen LogP contribution in [0.15, 0.2) is 0 Å². The molecule has 0 aromatic heterocycles. The molecule has 0 spiro atoms. The summed E-state index contributed by atoms with van der Waals surface area (Å²) in [5, 5.41) is 3.65. The number of rotatable bonds is 6. The second-order valence-corrected chi connectivity index (χ2v) is 6.54.